The van der Waals surface area contributed by atoms with Crippen LogP contribution in [0.15, 0.2) is 34.9 Å². The maximum absolute atomic E-state index is 6.03. The molecule has 0 spiro atoms. The van der Waals surface area contributed by atoms with E-state index in [0.29, 0.717) is 5.82 Å². The van der Waals surface area contributed by atoms with Gasteiger partial charge in [-0.1, -0.05) is 12.1 Å². The highest BCUT2D eigenvalue weighted by Gasteiger charge is 2.17. The van der Waals surface area contributed by atoms with E-state index in [1.54, 1.807) is 13.4 Å². The molecule has 3 N–H and O–H groups in total. The number of hydrogen-bond donors (Lipinski definition) is 2. The number of aromatic amines is 1. The normalized spacial score (nSPS) is 10.8. The predicted octanol–water partition coefficient (Wildman–Crippen LogP) is 3.54. The van der Waals surface area contributed by atoms with E-state index in [-0.39, 0.29) is 0 Å². The number of nitrogens with two attached hydrogens (primary N) is 1. The van der Waals surface area contributed by atoms with Crippen molar-refractivity contribution in [2.24, 2.45) is 0 Å². The first-order valence-corrected chi connectivity index (χ1v) is 6.64. The molecule has 0 radical (unpaired) electrons. The third-order valence-electron chi connectivity index (χ3n) is 3.51. The zero-order valence-electron chi connectivity index (χ0n) is 12.2. The van der Waals surface area contributed by atoms with E-state index in [1.165, 1.54) is 0 Å². The fraction of sp³-hybridized carbons (Fsp3) is 0.188. The highest BCUT2D eigenvalue weighted by atomic mass is 16.5. The summed E-state index contributed by atoms with van der Waals surface area (Å²) in [6, 6.07) is 7.93. The number of rotatable bonds is 3. The molecule has 2 aromatic heterocycles. The van der Waals surface area contributed by atoms with Crippen LogP contribution < -0.4 is 10.5 Å². The lowest BCUT2D eigenvalue weighted by Gasteiger charge is -2.08. The van der Waals surface area contributed by atoms with E-state index < -0.39 is 0 Å². The Morgan fingerprint density at radius 3 is 2.67 bits per heavy atom. The number of aryl methyl sites for hydroxylation is 2. The largest absolute Gasteiger partial charge is 0.496 e. The number of hydrogen-bond acceptors (Lipinski definition) is 4. The summed E-state index contributed by atoms with van der Waals surface area (Å²) in [7, 11) is 1.66. The van der Waals surface area contributed by atoms with E-state index in [4.69, 9.17) is 14.9 Å². The summed E-state index contributed by atoms with van der Waals surface area (Å²) < 4.78 is 10.8. The number of aromatic nitrogens is 2. The van der Waals surface area contributed by atoms with Gasteiger partial charge in [0.1, 0.15) is 17.8 Å². The van der Waals surface area contributed by atoms with Crippen LogP contribution in [0.2, 0.25) is 0 Å². The maximum atomic E-state index is 6.03. The minimum atomic E-state index is 0.453. The number of H-pyrrole nitrogens is 1. The Bertz CT molecular complexity index is 787. The number of nitrogen functional groups attached to an aromatic ring is 1. The topological polar surface area (TPSA) is 77.1 Å². The average molecular weight is 283 g/mol. The van der Waals surface area contributed by atoms with Gasteiger partial charge in [-0.2, -0.15) is 5.10 Å². The summed E-state index contributed by atoms with van der Waals surface area (Å²) in [5.41, 5.74) is 10.7. The summed E-state index contributed by atoms with van der Waals surface area (Å²) in [5, 5.41) is 7.11. The Balaban J connectivity index is 2.17. The van der Waals surface area contributed by atoms with Crippen molar-refractivity contribution < 1.29 is 9.15 Å². The lowest BCUT2D eigenvalue weighted by molar-refractivity contribution is 0.412. The van der Waals surface area contributed by atoms with E-state index in [1.807, 2.05) is 38.1 Å². The number of ether oxygens (including phenoxy) is 1. The van der Waals surface area contributed by atoms with Crippen LogP contribution in [-0.4, -0.2) is 17.3 Å². The van der Waals surface area contributed by atoms with Crippen LogP contribution in [0.3, 0.4) is 0 Å². The van der Waals surface area contributed by atoms with E-state index >= 15 is 0 Å². The second-order valence-electron chi connectivity index (χ2n) is 4.99. The molecule has 0 amide bonds. The van der Waals surface area contributed by atoms with Crippen molar-refractivity contribution in [1.82, 2.24) is 10.2 Å². The molecule has 3 rings (SSSR count). The first kappa shape index (κ1) is 13.3. The van der Waals surface area contributed by atoms with E-state index in [0.717, 1.165) is 39.5 Å². The van der Waals surface area contributed by atoms with Crippen LogP contribution in [0.5, 0.6) is 5.75 Å². The Kier molecular flexibility index (Phi) is 3.17. The van der Waals surface area contributed by atoms with Gasteiger partial charge in [-0.25, -0.2) is 0 Å². The summed E-state index contributed by atoms with van der Waals surface area (Å²) in [4.78, 5) is 0. The van der Waals surface area contributed by atoms with Crippen molar-refractivity contribution in [2.45, 2.75) is 13.8 Å². The lowest BCUT2D eigenvalue weighted by Crippen LogP contribution is -1.91. The molecule has 5 nitrogen and oxygen atoms in total. The van der Waals surface area contributed by atoms with Gasteiger partial charge in [0, 0.05) is 5.56 Å². The van der Waals surface area contributed by atoms with Gasteiger partial charge in [-0.3, -0.25) is 5.10 Å². The second-order valence-corrected chi connectivity index (χ2v) is 4.99. The molecule has 0 fully saturated rings. The molecular weight excluding hydrogens is 266 g/mol. The molecule has 21 heavy (non-hydrogen) atoms. The number of furan rings is 1. The van der Waals surface area contributed by atoms with Gasteiger partial charge in [0.2, 0.25) is 0 Å². The zero-order valence-corrected chi connectivity index (χ0v) is 12.2. The maximum Gasteiger partial charge on any atom is 0.153 e. The van der Waals surface area contributed by atoms with Gasteiger partial charge in [0.05, 0.1) is 18.4 Å². The van der Waals surface area contributed by atoms with Crippen LogP contribution >= 0.6 is 0 Å². The van der Waals surface area contributed by atoms with Crippen molar-refractivity contribution >= 4 is 5.82 Å². The Morgan fingerprint density at radius 1 is 1.19 bits per heavy atom. The van der Waals surface area contributed by atoms with Gasteiger partial charge in [-0.05, 0) is 37.1 Å². The fourth-order valence-electron chi connectivity index (χ4n) is 2.41. The molecule has 0 atom stereocenters. The van der Waals surface area contributed by atoms with Crippen LogP contribution in [0.25, 0.3) is 22.4 Å². The fourth-order valence-corrected chi connectivity index (χ4v) is 2.41. The smallest absolute Gasteiger partial charge is 0.153 e. The Labute approximate surface area is 122 Å². The van der Waals surface area contributed by atoms with Gasteiger partial charge in [0.15, 0.2) is 5.82 Å². The Morgan fingerprint density at radius 2 is 2.00 bits per heavy atom. The molecule has 108 valence electrons. The van der Waals surface area contributed by atoms with Crippen molar-refractivity contribution in [2.75, 3.05) is 12.8 Å². The molecule has 1 aromatic carbocycles. The summed E-state index contributed by atoms with van der Waals surface area (Å²) in [6.45, 7) is 3.90. The molecule has 0 aliphatic carbocycles. The van der Waals surface area contributed by atoms with E-state index in [2.05, 4.69) is 10.2 Å². The number of nitrogens with zero attached hydrogens (tertiary/aromatic N) is 1. The molecular formula is C16H17N3O2. The number of benzene rings is 1. The minimum absolute atomic E-state index is 0.453. The highest BCUT2D eigenvalue weighted by Crippen LogP contribution is 2.37. The highest BCUT2D eigenvalue weighted by molar-refractivity contribution is 5.88. The Hall–Kier alpha value is -2.69. The second kappa shape index (κ2) is 5.01. The molecule has 0 aliphatic rings. The number of methoxy groups -OCH3 is 1. The van der Waals surface area contributed by atoms with Crippen molar-refractivity contribution in [3.8, 4) is 28.1 Å². The summed E-state index contributed by atoms with van der Waals surface area (Å²) >= 11 is 0. The molecule has 0 unspecified atom stereocenters. The van der Waals surface area contributed by atoms with Gasteiger partial charge >= 0.3 is 0 Å². The quantitative estimate of drug-likeness (QED) is 0.770. The molecule has 0 saturated heterocycles. The first-order valence-electron chi connectivity index (χ1n) is 6.64. The minimum Gasteiger partial charge on any atom is -0.496 e. The molecule has 2 heterocycles. The van der Waals surface area contributed by atoms with Gasteiger partial charge in [-0.15, -0.1) is 0 Å². The zero-order chi connectivity index (χ0) is 15.0. The molecule has 0 bridgehead atoms. The SMILES string of the molecule is COc1cc(-c2c(N)n[nH]c2-c2coc(C)c2)ccc1C. The van der Waals surface area contributed by atoms with Crippen LogP contribution in [0.4, 0.5) is 5.82 Å². The third-order valence-corrected chi connectivity index (χ3v) is 3.51. The monoisotopic (exact) mass is 283 g/mol. The van der Waals surface area contributed by atoms with Crippen LogP contribution in [-0.2, 0) is 0 Å². The summed E-state index contributed by atoms with van der Waals surface area (Å²) in [5.74, 6) is 2.11. The van der Waals surface area contributed by atoms with Crippen molar-refractivity contribution in [1.29, 1.82) is 0 Å². The van der Waals surface area contributed by atoms with Gasteiger partial charge < -0.3 is 14.9 Å². The molecule has 0 aliphatic heterocycles. The number of nitrogens with one attached hydrogen (secondary N) is 1. The van der Waals surface area contributed by atoms with Crippen molar-refractivity contribution in [3.05, 3.63) is 41.9 Å². The lowest BCUT2D eigenvalue weighted by atomic mass is 10.0. The average Bonchev–Trinajstić information content (AvgIpc) is 3.05. The van der Waals surface area contributed by atoms with Crippen LogP contribution in [0.1, 0.15) is 11.3 Å². The summed E-state index contributed by atoms with van der Waals surface area (Å²) in [6.07, 6.45) is 1.69. The predicted molar refractivity (Wildman–Crippen MR) is 82.2 cm³/mol. The van der Waals surface area contributed by atoms with Crippen LogP contribution in [0, 0.1) is 13.8 Å². The number of anilines is 1. The van der Waals surface area contributed by atoms with E-state index in [9.17, 15) is 0 Å². The third kappa shape index (κ3) is 2.27. The molecule has 5 heteroatoms. The molecule has 3 aromatic rings. The molecule has 0 saturated carbocycles. The van der Waals surface area contributed by atoms with Gasteiger partial charge in [0.25, 0.3) is 0 Å². The standard InChI is InChI=1S/C16H17N3O2/c1-9-4-5-11(7-13(9)20-3)14-15(18-19-16(14)17)12-6-10(2)21-8-12/h4-8H,1-3H3,(H3,17,18,19). The first-order chi connectivity index (χ1) is 10.1. The van der Waals surface area contributed by atoms with Crippen molar-refractivity contribution in [3.63, 3.8) is 0 Å².